The van der Waals surface area contributed by atoms with Gasteiger partial charge in [-0.05, 0) is 11.5 Å². The maximum absolute atomic E-state index is 9.08. The quantitative estimate of drug-likeness (QED) is 0.854. The van der Waals surface area contributed by atoms with Crippen molar-refractivity contribution in [3.05, 3.63) is 35.9 Å². The smallest absolute Gasteiger partial charge is 0.0468 e. The van der Waals surface area contributed by atoms with Gasteiger partial charge >= 0.3 is 0 Å². The van der Waals surface area contributed by atoms with Crippen molar-refractivity contribution in [1.82, 2.24) is 9.80 Å². The molecule has 1 heterocycles. The largest absolute Gasteiger partial charge is 0.396 e. The van der Waals surface area contributed by atoms with Crippen LogP contribution in [0.3, 0.4) is 0 Å². The molecular weight excluding hydrogens is 224 g/mol. The Bertz CT molecular complexity index is 334. The third kappa shape index (κ3) is 4.09. The van der Waals surface area contributed by atoms with Crippen molar-refractivity contribution in [2.75, 3.05) is 39.3 Å². The van der Waals surface area contributed by atoms with Gasteiger partial charge < -0.3 is 10.0 Å². The third-order valence-electron chi connectivity index (χ3n) is 3.60. The van der Waals surface area contributed by atoms with Crippen molar-refractivity contribution >= 4 is 0 Å². The van der Waals surface area contributed by atoms with Gasteiger partial charge in [0.1, 0.15) is 0 Å². The van der Waals surface area contributed by atoms with Crippen molar-refractivity contribution < 1.29 is 5.11 Å². The average molecular weight is 248 g/mol. The summed E-state index contributed by atoms with van der Waals surface area (Å²) in [5.74, 6) is 0.394. The SMILES string of the molecule is C[C@H](CO)CN1CCN(Cc2ccccc2)CC1. The van der Waals surface area contributed by atoms with Gasteiger partial charge in [-0.1, -0.05) is 37.3 Å². The van der Waals surface area contributed by atoms with Crippen molar-refractivity contribution in [3.63, 3.8) is 0 Å². The van der Waals surface area contributed by atoms with Gasteiger partial charge in [0.15, 0.2) is 0 Å². The van der Waals surface area contributed by atoms with Crippen molar-refractivity contribution in [2.45, 2.75) is 13.5 Å². The van der Waals surface area contributed by atoms with E-state index in [0.717, 1.165) is 39.3 Å². The molecule has 3 heteroatoms. The first kappa shape index (κ1) is 13.5. The van der Waals surface area contributed by atoms with E-state index in [1.54, 1.807) is 0 Å². The molecule has 0 aromatic heterocycles. The van der Waals surface area contributed by atoms with Crippen LogP contribution in [-0.2, 0) is 6.54 Å². The summed E-state index contributed by atoms with van der Waals surface area (Å²) in [7, 11) is 0. The second-order valence-corrected chi connectivity index (χ2v) is 5.35. The van der Waals surface area contributed by atoms with Gasteiger partial charge in [-0.2, -0.15) is 0 Å². The summed E-state index contributed by atoms with van der Waals surface area (Å²) in [6, 6.07) is 10.7. The molecule has 100 valence electrons. The first-order valence-electron chi connectivity index (χ1n) is 6.87. The minimum Gasteiger partial charge on any atom is -0.396 e. The lowest BCUT2D eigenvalue weighted by molar-refractivity contribution is 0.101. The highest BCUT2D eigenvalue weighted by Crippen LogP contribution is 2.09. The molecule has 3 nitrogen and oxygen atoms in total. The van der Waals surface area contributed by atoms with Crippen LogP contribution < -0.4 is 0 Å². The molecule has 0 spiro atoms. The van der Waals surface area contributed by atoms with E-state index >= 15 is 0 Å². The van der Waals surface area contributed by atoms with E-state index in [0.29, 0.717) is 12.5 Å². The summed E-state index contributed by atoms with van der Waals surface area (Å²) >= 11 is 0. The van der Waals surface area contributed by atoms with Crippen LogP contribution in [0, 0.1) is 5.92 Å². The van der Waals surface area contributed by atoms with Gasteiger partial charge in [-0.25, -0.2) is 0 Å². The molecule has 0 saturated carbocycles. The summed E-state index contributed by atoms with van der Waals surface area (Å²) < 4.78 is 0. The van der Waals surface area contributed by atoms with Gasteiger partial charge in [0.2, 0.25) is 0 Å². The normalized spacial score (nSPS) is 19.9. The summed E-state index contributed by atoms with van der Waals surface area (Å²) in [6.45, 7) is 8.99. The zero-order chi connectivity index (χ0) is 12.8. The van der Waals surface area contributed by atoms with Crippen LogP contribution in [0.1, 0.15) is 12.5 Å². The van der Waals surface area contributed by atoms with Crippen LogP contribution in [0.15, 0.2) is 30.3 Å². The standard InChI is InChI=1S/C15H24N2O/c1-14(13-18)11-16-7-9-17(10-8-16)12-15-5-3-2-4-6-15/h2-6,14,18H,7-13H2,1H3/t14-/m0/s1. The van der Waals surface area contributed by atoms with Crippen LogP contribution in [-0.4, -0.2) is 54.2 Å². The Hall–Kier alpha value is -0.900. The Morgan fingerprint density at radius 3 is 2.28 bits per heavy atom. The van der Waals surface area contributed by atoms with E-state index in [1.807, 2.05) is 0 Å². The predicted octanol–water partition coefficient (Wildman–Crippen LogP) is 1.43. The highest BCUT2D eigenvalue weighted by molar-refractivity contribution is 5.14. The number of rotatable bonds is 5. The Balaban J connectivity index is 1.73. The van der Waals surface area contributed by atoms with Crippen LogP contribution in [0.5, 0.6) is 0 Å². The van der Waals surface area contributed by atoms with E-state index in [1.165, 1.54) is 5.56 Å². The molecule has 0 radical (unpaired) electrons. The summed E-state index contributed by atoms with van der Waals surface area (Å²) in [6.07, 6.45) is 0. The van der Waals surface area contributed by atoms with E-state index in [9.17, 15) is 0 Å². The number of nitrogens with zero attached hydrogens (tertiary/aromatic N) is 2. The van der Waals surface area contributed by atoms with Gasteiger partial charge in [0.05, 0.1) is 0 Å². The van der Waals surface area contributed by atoms with E-state index < -0.39 is 0 Å². The minimum absolute atomic E-state index is 0.296. The van der Waals surface area contributed by atoms with Crippen LogP contribution >= 0.6 is 0 Å². The number of hydrogen-bond donors (Lipinski definition) is 1. The van der Waals surface area contributed by atoms with Gasteiger partial charge in [0.25, 0.3) is 0 Å². The highest BCUT2D eigenvalue weighted by atomic mass is 16.3. The van der Waals surface area contributed by atoms with Gasteiger partial charge in [-0.15, -0.1) is 0 Å². The molecule has 1 aliphatic rings. The maximum atomic E-state index is 9.08. The first-order valence-corrected chi connectivity index (χ1v) is 6.87. The Labute approximate surface area is 110 Å². The molecule has 2 rings (SSSR count). The maximum Gasteiger partial charge on any atom is 0.0468 e. The van der Waals surface area contributed by atoms with E-state index in [-0.39, 0.29) is 0 Å². The molecule has 18 heavy (non-hydrogen) atoms. The lowest BCUT2D eigenvalue weighted by Gasteiger charge is -2.35. The fourth-order valence-corrected chi connectivity index (χ4v) is 2.47. The van der Waals surface area contributed by atoms with Gasteiger partial charge in [0, 0.05) is 45.9 Å². The fourth-order valence-electron chi connectivity index (χ4n) is 2.47. The molecule has 0 amide bonds. The zero-order valence-corrected chi connectivity index (χ0v) is 11.3. The van der Waals surface area contributed by atoms with Crippen LogP contribution in [0.2, 0.25) is 0 Å². The highest BCUT2D eigenvalue weighted by Gasteiger charge is 2.18. The van der Waals surface area contributed by atoms with Crippen molar-refractivity contribution in [1.29, 1.82) is 0 Å². The van der Waals surface area contributed by atoms with Crippen LogP contribution in [0.4, 0.5) is 0 Å². The summed E-state index contributed by atoms with van der Waals surface area (Å²) in [5.41, 5.74) is 1.40. The van der Waals surface area contributed by atoms with E-state index in [2.05, 4.69) is 47.1 Å². The molecule has 0 unspecified atom stereocenters. The molecule has 1 atom stereocenters. The average Bonchev–Trinajstić information content (AvgIpc) is 2.42. The number of piperazine rings is 1. The van der Waals surface area contributed by atoms with Crippen molar-refractivity contribution in [3.8, 4) is 0 Å². The number of aliphatic hydroxyl groups excluding tert-OH is 1. The molecule has 1 saturated heterocycles. The third-order valence-corrected chi connectivity index (χ3v) is 3.60. The Morgan fingerprint density at radius 1 is 1.06 bits per heavy atom. The minimum atomic E-state index is 0.296. The molecule has 0 aliphatic carbocycles. The monoisotopic (exact) mass is 248 g/mol. The summed E-state index contributed by atoms with van der Waals surface area (Å²) in [5, 5.41) is 9.08. The second-order valence-electron chi connectivity index (χ2n) is 5.35. The second kappa shape index (κ2) is 6.88. The lowest BCUT2D eigenvalue weighted by atomic mass is 10.1. The molecule has 1 aromatic rings. The molecule has 0 bridgehead atoms. The molecular formula is C15H24N2O. The number of hydrogen-bond acceptors (Lipinski definition) is 3. The Morgan fingerprint density at radius 2 is 1.67 bits per heavy atom. The first-order chi connectivity index (χ1) is 8.78. The van der Waals surface area contributed by atoms with Crippen molar-refractivity contribution in [2.24, 2.45) is 5.92 Å². The zero-order valence-electron chi connectivity index (χ0n) is 11.3. The van der Waals surface area contributed by atoms with E-state index in [4.69, 9.17) is 5.11 Å². The predicted molar refractivity (Wildman–Crippen MR) is 74.4 cm³/mol. The van der Waals surface area contributed by atoms with Crippen LogP contribution in [0.25, 0.3) is 0 Å². The number of aliphatic hydroxyl groups is 1. The molecule has 1 fully saturated rings. The number of benzene rings is 1. The molecule has 1 aromatic carbocycles. The molecule has 1 N–H and O–H groups in total. The lowest BCUT2D eigenvalue weighted by Crippen LogP contribution is -2.47. The molecule has 1 aliphatic heterocycles. The fraction of sp³-hybridized carbons (Fsp3) is 0.600. The Kier molecular flexibility index (Phi) is 5.17. The van der Waals surface area contributed by atoms with Gasteiger partial charge in [-0.3, -0.25) is 4.90 Å². The summed E-state index contributed by atoms with van der Waals surface area (Å²) in [4.78, 5) is 4.97. The topological polar surface area (TPSA) is 26.7 Å².